The average Bonchev–Trinajstić information content (AvgIpc) is 2.34. The van der Waals surface area contributed by atoms with Crippen LogP contribution in [0.3, 0.4) is 0 Å². The Labute approximate surface area is 106 Å². The molecule has 1 heterocycles. The van der Waals surface area contributed by atoms with Crippen molar-refractivity contribution in [2.75, 3.05) is 10.7 Å². The molecule has 8 heteroatoms. The zero-order valence-corrected chi connectivity index (χ0v) is 9.84. The van der Waals surface area contributed by atoms with Crippen LogP contribution >= 0.6 is 0 Å². The van der Waals surface area contributed by atoms with Crippen molar-refractivity contribution in [3.63, 3.8) is 0 Å². The molecular weight excluding hydrogens is 259 g/mol. The molecule has 0 saturated heterocycles. The predicted octanol–water partition coefficient (Wildman–Crippen LogP) is 2.23. The maximum absolute atomic E-state index is 13.5. The van der Waals surface area contributed by atoms with Crippen LogP contribution < -0.4 is 16.6 Å². The number of nitrogens with zero attached hydrogens (tertiary/aromatic N) is 2. The number of halogens is 3. The van der Waals surface area contributed by atoms with E-state index in [9.17, 15) is 13.2 Å². The predicted molar refractivity (Wildman–Crippen MR) is 64.2 cm³/mol. The molecule has 0 bridgehead atoms. The summed E-state index contributed by atoms with van der Waals surface area (Å²) in [6.07, 6.45) is 0. The Hall–Kier alpha value is -2.35. The van der Waals surface area contributed by atoms with Gasteiger partial charge in [-0.05, 0) is 6.92 Å². The molecule has 100 valence electrons. The first kappa shape index (κ1) is 13.1. The molecule has 2 aromatic rings. The number of nitrogens with one attached hydrogen (secondary N) is 2. The van der Waals surface area contributed by atoms with E-state index in [2.05, 4.69) is 20.7 Å². The van der Waals surface area contributed by atoms with Crippen LogP contribution in [0, 0.1) is 24.4 Å². The van der Waals surface area contributed by atoms with Gasteiger partial charge in [0.25, 0.3) is 0 Å². The van der Waals surface area contributed by atoms with Crippen LogP contribution in [-0.2, 0) is 0 Å². The third-order valence-corrected chi connectivity index (χ3v) is 2.24. The lowest BCUT2D eigenvalue weighted by molar-refractivity contribution is 0.498. The quantitative estimate of drug-likeness (QED) is 0.452. The Morgan fingerprint density at radius 3 is 2.42 bits per heavy atom. The topological polar surface area (TPSA) is 75.9 Å². The SMILES string of the molecule is Cc1nc(NN)cc(Nc2cc(F)cc(F)c2F)n1. The van der Waals surface area contributed by atoms with Gasteiger partial charge in [-0.25, -0.2) is 29.0 Å². The molecule has 0 saturated carbocycles. The standard InChI is InChI=1S/C11H10F3N5/c1-5-16-9(4-10(17-5)19-15)18-8-3-6(12)2-7(13)11(8)14/h2-4H,15H2,1H3,(H2,16,17,18,19). The number of aromatic nitrogens is 2. The molecule has 0 aliphatic rings. The maximum atomic E-state index is 13.5. The Morgan fingerprint density at radius 2 is 1.74 bits per heavy atom. The zero-order valence-electron chi connectivity index (χ0n) is 9.84. The highest BCUT2D eigenvalue weighted by molar-refractivity contribution is 5.59. The molecule has 0 spiro atoms. The molecule has 5 nitrogen and oxygen atoms in total. The number of aryl methyl sites for hydroxylation is 1. The van der Waals surface area contributed by atoms with Crippen LogP contribution in [0.15, 0.2) is 18.2 Å². The number of rotatable bonds is 3. The van der Waals surface area contributed by atoms with Gasteiger partial charge >= 0.3 is 0 Å². The Balaban J connectivity index is 2.38. The van der Waals surface area contributed by atoms with Gasteiger partial charge in [-0.15, -0.1) is 0 Å². The van der Waals surface area contributed by atoms with Crippen molar-refractivity contribution in [1.29, 1.82) is 0 Å². The minimum absolute atomic E-state index is 0.157. The zero-order chi connectivity index (χ0) is 14.0. The summed E-state index contributed by atoms with van der Waals surface area (Å²) in [7, 11) is 0. The molecule has 0 aliphatic heterocycles. The lowest BCUT2D eigenvalue weighted by Gasteiger charge is -2.09. The van der Waals surface area contributed by atoms with Gasteiger partial charge in [0.05, 0.1) is 5.69 Å². The second-order valence-corrected chi connectivity index (χ2v) is 3.70. The molecule has 0 unspecified atom stereocenters. The lowest BCUT2D eigenvalue weighted by atomic mass is 10.2. The Morgan fingerprint density at radius 1 is 1.05 bits per heavy atom. The Bertz CT molecular complexity index is 618. The third kappa shape index (κ3) is 2.91. The van der Waals surface area contributed by atoms with Crippen LogP contribution in [0.5, 0.6) is 0 Å². The van der Waals surface area contributed by atoms with Gasteiger partial charge in [-0.1, -0.05) is 0 Å². The number of hydrazine groups is 1. The van der Waals surface area contributed by atoms with Crippen LogP contribution in [0.25, 0.3) is 0 Å². The van der Waals surface area contributed by atoms with Gasteiger partial charge in [-0.3, -0.25) is 0 Å². The summed E-state index contributed by atoms with van der Waals surface area (Å²) in [5.41, 5.74) is 1.94. The highest BCUT2D eigenvalue weighted by atomic mass is 19.2. The van der Waals surface area contributed by atoms with Gasteiger partial charge in [0.1, 0.15) is 23.3 Å². The van der Waals surface area contributed by atoms with Crippen LogP contribution in [0.1, 0.15) is 5.82 Å². The third-order valence-electron chi connectivity index (χ3n) is 2.24. The first-order chi connectivity index (χ1) is 8.99. The summed E-state index contributed by atoms with van der Waals surface area (Å²) in [5, 5.41) is 2.47. The van der Waals surface area contributed by atoms with Crippen molar-refractivity contribution in [2.24, 2.45) is 5.84 Å². The van der Waals surface area contributed by atoms with Gasteiger partial charge in [-0.2, -0.15) is 0 Å². The van der Waals surface area contributed by atoms with E-state index in [0.717, 1.165) is 6.07 Å². The highest BCUT2D eigenvalue weighted by Gasteiger charge is 2.12. The minimum atomic E-state index is -1.29. The number of hydrogen-bond acceptors (Lipinski definition) is 5. The first-order valence-electron chi connectivity index (χ1n) is 5.23. The van der Waals surface area contributed by atoms with E-state index in [-0.39, 0.29) is 17.3 Å². The molecule has 0 radical (unpaired) electrons. The summed E-state index contributed by atoms with van der Waals surface area (Å²) in [5.74, 6) is 2.62. The number of hydrogen-bond donors (Lipinski definition) is 3. The molecule has 4 N–H and O–H groups in total. The van der Waals surface area contributed by atoms with E-state index in [1.165, 1.54) is 6.07 Å². The summed E-state index contributed by atoms with van der Waals surface area (Å²) >= 11 is 0. The second-order valence-electron chi connectivity index (χ2n) is 3.70. The van der Waals surface area contributed by atoms with Crippen molar-refractivity contribution in [1.82, 2.24) is 9.97 Å². The summed E-state index contributed by atoms with van der Waals surface area (Å²) in [6, 6.07) is 2.65. The van der Waals surface area contributed by atoms with Gasteiger partial charge in [0.15, 0.2) is 11.6 Å². The fourth-order valence-corrected chi connectivity index (χ4v) is 1.49. The maximum Gasteiger partial charge on any atom is 0.182 e. The van der Waals surface area contributed by atoms with Crippen LogP contribution in [0.2, 0.25) is 0 Å². The molecule has 0 atom stereocenters. The van der Waals surface area contributed by atoms with E-state index in [1.807, 2.05) is 0 Å². The van der Waals surface area contributed by atoms with Gasteiger partial charge in [0, 0.05) is 18.2 Å². The molecule has 0 amide bonds. The van der Waals surface area contributed by atoms with Gasteiger partial charge < -0.3 is 10.7 Å². The Kier molecular flexibility index (Phi) is 3.52. The van der Waals surface area contributed by atoms with E-state index >= 15 is 0 Å². The summed E-state index contributed by atoms with van der Waals surface area (Å²) in [6.45, 7) is 1.59. The largest absolute Gasteiger partial charge is 0.337 e. The van der Waals surface area contributed by atoms with E-state index in [0.29, 0.717) is 11.9 Å². The average molecular weight is 269 g/mol. The minimum Gasteiger partial charge on any atom is -0.337 e. The molecule has 19 heavy (non-hydrogen) atoms. The van der Waals surface area contributed by atoms with Crippen LogP contribution in [0.4, 0.5) is 30.5 Å². The number of nitrogen functional groups attached to an aromatic ring is 1. The van der Waals surface area contributed by atoms with Crippen molar-refractivity contribution >= 4 is 17.3 Å². The van der Waals surface area contributed by atoms with Crippen molar-refractivity contribution < 1.29 is 13.2 Å². The first-order valence-corrected chi connectivity index (χ1v) is 5.23. The fraction of sp³-hybridized carbons (Fsp3) is 0.0909. The highest BCUT2D eigenvalue weighted by Crippen LogP contribution is 2.23. The van der Waals surface area contributed by atoms with E-state index < -0.39 is 17.5 Å². The van der Waals surface area contributed by atoms with Crippen molar-refractivity contribution in [3.05, 3.63) is 41.5 Å². The summed E-state index contributed by atoms with van der Waals surface area (Å²) in [4.78, 5) is 7.87. The van der Waals surface area contributed by atoms with Crippen molar-refractivity contribution in [2.45, 2.75) is 6.92 Å². The number of benzene rings is 1. The molecule has 0 aliphatic carbocycles. The van der Waals surface area contributed by atoms with Gasteiger partial charge in [0.2, 0.25) is 0 Å². The monoisotopic (exact) mass is 269 g/mol. The molecular formula is C11H10F3N5. The second kappa shape index (κ2) is 5.11. The van der Waals surface area contributed by atoms with Crippen molar-refractivity contribution in [3.8, 4) is 0 Å². The molecule has 1 aromatic carbocycles. The van der Waals surface area contributed by atoms with E-state index in [1.54, 1.807) is 6.92 Å². The number of nitrogens with two attached hydrogens (primary N) is 1. The molecule has 1 aromatic heterocycles. The fourth-order valence-electron chi connectivity index (χ4n) is 1.49. The van der Waals surface area contributed by atoms with Crippen LogP contribution in [-0.4, -0.2) is 9.97 Å². The smallest absolute Gasteiger partial charge is 0.182 e. The molecule has 2 rings (SSSR count). The molecule has 0 fully saturated rings. The van der Waals surface area contributed by atoms with E-state index in [4.69, 9.17) is 5.84 Å². The summed E-state index contributed by atoms with van der Waals surface area (Å²) < 4.78 is 39.5. The lowest BCUT2D eigenvalue weighted by Crippen LogP contribution is -2.10. The normalized spacial score (nSPS) is 10.4. The number of anilines is 3.